The van der Waals surface area contributed by atoms with Crippen molar-refractivity contribution in [2.24, 2.45) is 0 Å². The third-order valence-electron chi connectivity index (χ3n) is 3.96. The number of rotatable bonds is 1. The lowest BCUT2D eigenvalue weighted by molar-refractivity contribution is 0.0352. The maximum Gasteiger partial charge on any atom is 0.0955 e. The van der Waals surface area contributed by atoms with Crippen LogP contribution in [0.5, 0.6) is 0 Å². The molecule has 0 bridgehead atoms. The van der Waals surface area contributed by atoms with Crippen molar-refractivity contribution in [1.29, 1.82) is 0 Å². The average molecular weight is 257 g/mol. The van der Waals surface area contributed by atoms with Crippen LogP contribution in [0.3, 0.4) is 0 Å². The van der Waals surface area contributed by atoms with Crippen molar-refractivity contribution in [3.63, 3.8) is 0 Å². The van der Waals surface area contributed by atoms with Crippen LogP contribution in [0.2, 0.25) is 0 Å². The zero-order chi connectivity index (χ0) is 13.5. The Kier molecular flexibility index (Phi) is 2.82. The summed E-state index contributed by atoms with van der Waals surface area (Å²) < 4.78 is 0. The van der Waals surface area contributed by atoms with Gasteiger partial charge in [0.15, 0.2) is 0 Å². The molecule has 1 aromatic carbocycles. The number of aromatic nitrogens is 1. The molecule has 0 spiro atoms. The Hall–Kier alpha value is -1.81. The van der Waals surface area contributed by atoms with Crippen LogP contribution >= 0.6 is 0 Å². The maximum atomic E-state index is 10.0. The van der Waals surface area contributed by atoms with Crippen LogP contribution in [0.25, 0.3) is 10.9 Å². The minimum Gasteiger partial charge on any atom is -0.398 e. The molecule has 0 unspecified atom stereocenters. The topological polar surface area (TPSA) is 62.4 Å². The summed E-state index contributed by atoms with van der Waals surface area (Å²) >= 11 is 0. The molecule has 4 heteroatoms. The molecule has 1 aromatic heterocycles. The molecular formula is C15H19N3O. The van der Waals surface area contributed by atoms with Gasteiger partial charge in [-0.2, -0.15) is 0 Å². The Bertz CT molecular complexity index is 599. The van der Waals surface area contributed by atoms with Gasteiger partial charge < -0.3 is 15.7 Å². The van der Waals surface area contributed by atoms with Crippen LogP contribution in [-0.4, -0.2) is 28.8 Å². The van der Waals surface area contributed by atoms with Crippen LogP contribution in [0, 0.1) is 0 Å². The van der Waals surface area contributed by atoms with Crippen molar-refractivity contribution in [2.45, 2.75) is 25.4 Å². The summed E-state index contributed by atoms with van der Waals surface area (Å²) in [6, 6.07) is 7.88. The second-order valence-corrected chi connectivity index (χ2v) is 5.56. The van der Waals surface area contributed by atoms with Gasteiger partial charge in [0.1, 0.15) is 0 Å². The van der Waals surface area contributed by atoms with E-state index in [1.54, 1.807) is 6.20 Å². The number of pyridine rings is 1. The first kappa shape index (κ1) is 12.2. The van der Waals surface area contributed by atoms with Crippen molar-refractivity contribution in [1.82, 2.24) is 4.98 Å². The summed E-state index contributed by atoms with van der Waals surface area (Å²) in [5, 5.41) is 11.0. The third kappa shape index (κ3) is 2.24. The van der Waals surface area contributed by atoms with Crippen molar-refractivity contribution < 1.29 is 5.11 Å². The minimum atomic E-state index is -0.534. The zero-order valence-electron chi connectivity index (χ0n) is 11.1. The van der Waals surface area contributed by atoms with E-state index in [2.05, 4.69) is 9.88 Å². The molecule has 1 aliphatic heterocycles. The first-order valence-electron chi connectivity index (χ1n) is 6.67. The number of hydrogen-bond acceptors (Lipinski definition) is 4. The Morgan fingerprint density at radius 2 is 2.00 bits per heavy atom. The van der Waals surface area contributed by atoms with Crippen molar-refractivity contribution in [2.75, 3.05) is 23.7 Å². The van der Waals surface area contributed by atoms with Crippen LogP contribution in [0.4, 0.5) is 11.4 Å². The Balaban J connectivity index is 2.00. The lowest BCUT2D eigenvalue weighted by Crippen LogP contribution is -2.42. The molecule has 4 nitrogen and oxygen atoms in total. The maximum absolute atomic E-state index is 10.0. The van der Waals surface area contributed by atoms with E-state index in [1.165, 1.54) is 0 Å². The molecule has 1 fully saturated rings. The van der Waals surface area contributed by atoms with E-state index in [4.69, 9.17) is 5.73 Å². The molecular weight excluding hydrogens is 238 g/mol. The molecule has 100 valence electrons. The molecule has 2 aromatic rings. The second-order valence-electron chi connectivity index (χ2n) is 5.56. The summed E-state index contributed by atoms with van der Waals surface area (Å²) in [6.45, 7) is 3.61. The first-order valence-corrected chi connectivity index (χ1v) is 6.67. The first-order chi connectivity index (χ1) is 9.07. The molecule has 3 N–H and O–H groups in total. The standard InChI is InChI=1S/C15H19N3O/c1-15(19)6-9-18(10-7-15)13-5-4-12(16)11-3-2-8-17-14(11)13/h2-5,8,19H,6-7,9-10,16H2,1H3. The fourth-order valence-electron chi connectivity index (χ4n) is 2.66. The predicted octanol–water partition coefficient (Wildman–Crippen LogP) is 2.17. The van der Waals surface area contributed by atoms with E-state index in [0.717, 1.165) is 48.2 Å². The molecule has 0 radical (unpaired) electrons. The smallest absolute Gasteiger partial charge is 0.0955 e. The molecule has 0 amide bonds. The van der Waals surface area contributed by atoms with E-state index in [9.17, 15) is 5.11 Å². The largest absolute Gasteiger partial charge is 0.398 e. The van der Waals surface area contributed by atoms with Crippen LogP contribution < -0.4 is 10.6 Å². The number of nitrogens with zero attached hydrogens (tertiary/aromatic N) is 2. The highest BCUT2D eigenvalue weighted by atomic mass is 16.3. The highest BCUT2D eigenvalue weighted by Crippen LogP contribution is 2.32. The number of piperidine rings is 1. The number of aliphatic hydroxyl groups is 1. The van der Waals surface area contributed by atoms with Gasteiger partial charge in [-0.25, -0.2) is 0 Å². The molecule has 0 saturated carbocycles. The quantitative estimate of drug-likeness (QED) is 0.769. The van der Waals surface area contributed by atoms with E-state index < -0.39 is 5.60 Å². The molecule has 0 atom stereocenters. The van der Waals surface area contributed by atoms with Gasteiger partial charge in [-0.3, -0.25) is 4.98 Å². The zero-order valence-corrected chi connectivity index (χ0v) is 11.1. The Labute approximate surface area is 112 Å². The van der Waals surface area contributed by atoms with Gasteiger partial charge >= 0.3 is 0 Å². The molecule has 1 saturated heterocycles. The van der Waals surface area contributed by atoms with E-state index in [-0.39, 0.29) is 0 Å². The van der Waals surface area contributed by atoms with Gasteiger partial charge in [0.25, 0.3) is 0 Å². The fraction of sp³-hybridized carbons (Fsp3) is 0.400. The number of anilines is 2. The SMILES string of the molecule is CC1(O)CCN(c2ccc(N)c3cccnc23)CC1. The third-order valence-corrected chi connectivity index (χ3v) is 3.96. The van der Waals surface area contributed by atoms with Gasteiger partial charge in [-0.15, -0.1) is 0 Å². The van der Waals surface area contributed by atoms with Crippen LogP contribution in [0.1, 0.15) is 19.8 Å². The van der Waals surface area contributed by atoms with E-state index in [0.29, 0.717) is 0 Å². The number of nitrogen functional groups attached to an aromatic ring is 1. The Morgan fingerprint density at radius 3 is 2.74 bits per heavy atom. The van der Waals surface area contributed by atoms with Crippen molar-refractivity contribution in [3.05, 3.63) is 30.5 Å². The number of fused-ring (bicyclic) bond motifs is 1. The summed E-state index contributed by atoms with van der Waals surface area (Å²) in [7, 11) is 0. The van der Waals surface area contributed by atoms with Crippen molar-refractivity contribution in [3.8, 4) is 0 Å². The van der Waals surface area contributed by atoms with Crippen LogP contribution in [-0.2, 0) is 0 Å². The minimum absolute atomic E-state index is 0.534. The summed E-state index contributed by atoms with van der Waals surface area (Å²) in [5.74, 6) is 0. The second kappa shape index (κ2) is 4.38. The normalized spacial score (nSPS) is 18.7. The number of nitrogens with two attached hydrogens (primary N) is 1. The summed E-state index contributed by atoms with van der Waals surface area (Å²) in [5.41, 5.74) is 8.28. The highest BCUT2D eigenvalue weighted by Gasteiger charge is 2.28. The average Bonchev–Trinajstić information content (AvgIpc) is 2.40. The molecule has 19 heavy (non-hydrogen) atoms. The molecule has 2 heterocycles. The lowest BCUT2D eigenvalue weighted by Gasteiger charge is -2.37. The predicted molar refractivity (Wildman–Crippen MR) is 78.2 cm³/mol. The number of hydrogen-bond donors (Lipinski definition) is 2. The molecule has 1 aliphatic rings. The lowest BCUT2D eigenvalue weighted by atomic mass is 9.93. The summed E-state index contributed by atoms with van der Waals surface area (Å²) in [4.78, 5) is 6.75. The summed E-state index contributed by atoms with van der Waals surface area (Å²) in [6.07, 6.45) is 3.36. The van der Waals surface area contributed by atoms with Crippen molar-refractivity contribution >= 4 is 22.3 Å². The Morgan fingerprint density at radius 1 is 1.26 bits per heavy atom. The fourth-order valence-corrected chi connectivity index (χ4v) is 2.66. The van der Waals surface area contributed by atoms with Gasteiger partial charge in [0, 0.05) is 30.4 Å². The van der Waals surface area contributed by atoms with Gasteiger partial charge in [-0.05, 0) is 44.0 Å². The van der Waals surface area contributed by atoms with Gasteiger partial charge in [0.2, 0.25) is 0 Å². The van der Waals surface area contributed by atoms with E-state index >= 15 is 0 Å². The van der Waals surface area contributed by atoms with Gasteiger partial charge in [-0.1, -0.05) is 0 Å². The van der Waals surface area contributed by atoms with Gasteiger partial charge in [0.05, 0.1) is 16.8 Å². The highest BCUT2D eigenvalue weighted by molar-refractivity contribution is 5.98. The van der Waals surface area contributed by atoms with E-state index in [1.807, 2.05) is 31.2 Å². The molecule has 0 aliphatic carbocycles. The van der Waals surface area contributed by atoms with Crippen LogP contribution in [0.15, 0.2) is 30.5 Å². The molecule has 3 rings (SSSR count). The number of benzene rings is 1. The monoisotopic (exact) mass is 257 g/mol.